The fraction of sp³-hybridized carbons (Fsp3) is 0.533. The molecular weight excluding hydrogens is 288 g/mol. The second-order valence-electron chi connectivity index (χ2n) is 5.86. The highest BCUT2D eigenvalue weighted by atomic mass is 32.2. The normalized spacial score (nSPS) is 27.0. The number of hydrogen-bond acceptors (Lipinski definition) is 3. The van der Waals surface area contributed by atoms with Gasteiger partial charge in [0.1, 0.15) is 0 Å². The largest absolute Gasteiger partial charge is 0.353 e. The molecule has 2 atom stereocenters. The van der Waals surface area contributed by atoms with Crippen LogP contribution in [0.15, 0.2) is 30.3 Å². The summed E-state index contributed by atoms with van der Waals surface area (Å²) in [6.07, 6.45) is 2.01. The first-order valence-corrected chi connectivity index (χ1v) is 8.96. The van der Waals surface area contributed by atoms with Gasteiger partial charge in [0.15, 0.2) is 0 Å². The molecule has 0 saturated carbocycles. The monoisotopic (exact) mass is 308 g/mol. The van der Waals surface area contributed by atoms with Crippen LogP contribution < -0.4 is 5.32 Å². The molecule has 6 heteroatoms. The van der Waals surface area contributed by atoms with Crippen molar-refractivity contribution in [1.29, 1.82) is 0 Å². The fourth-order valence-electron chi connectivity index (χ4n) is 3.21. The van der Waals surface area contributed by atoms with Gasteiger partial charge in [0.25, 0.3) is 0 Å². The molecule has 2 heterocycles. The van der Waals surface area contributed by atoms with Crippen molar-refractivity contribution >= 4 is 15.9 Å². The standard InChI is InChI=1S/C15H20N2O3S/c18-15-7-6-13-10-17(9-8-14(13)16-15)21(19,20)11-12-4-2-1-3-5-12/h1-5,13-14H,6-11H2,(H,16,18). The number of carbonyl (C=O) groups excluding carboxylic acids is 1. The smallest absolute Gasteiger partial charge is 0.220 e. The van der Waals surface area contributed by atoms with Crippen LogP contribution >= 0.6 is 0 Å². The van der Waals surface area contributed by atoms with Crippen molar-refractivity contribution in [3.8, 4) is 0 Å². The van der Waals surface area contributed by atoms with Gasteiger partial charge >= 0.3 is 0 Å². The van der Waals surface area contributed by atoms with Crippen LogP contribution in [-0.4, -0.2) is 37.8 Å². The molecule has 2 saturated heterocycles. The third kappa shape index (κ3) is 3.27. The number of nitrogens with zero attached hydrogens (tertiary/aromatic N) is 1. The summed E-state index contributed by atoms with van der Waals surface area (Å²) in [6, 6.07) is 9.42. The summed E-state index contributed by atoms with van der Waals surface area (Å²) < 4.78 is 26.7. The molecule has 3 rings (SSSR count). The molecule has 2 unspecified atom stereocenters. The van der Waals surface area contributed by atoms with Crippen molar-refractivity contribution < 1.29 is 13.2 Å². The molecule has 0 aromatic heterocycles. The van der Waals surface area contributed by atoms with E-state index in [0.717, 1.165) is 12.0 Å². The van der Waals surface area contributed by atoms with Crippen molar-refractivity contribution in [1.82, 2.24) is 9.62 Å². The van der Waals surface area contributed by atoms with Crippen LogP contribution in [0.1, 0.15) is 24.8 Å². The summed E-state index contributed by atoms with van der Waals surface area (Å²) in [5.41, 5.74) is 0.816. The molecule has 1 amide bonds. The first kappa shape index (κ1) is 14.5. The number of rotatable bonds is 3. The van der Waals surface area contributed by atoms with Gasteiger partial charge in [-0.3, -0.25) is 4.79 Å². The van der Waals surface area contributed by atoms with Crippen molar-refractivity contribution in [2.75, 3.05) is 13.1 Å². The highest BCUT2D eigenvalue weighted by Gasteiger charge is 2.37. The molecule has 0 spiro atoms. The Morgan fingerprint density at radius 3 is 2.71 bits per heavy atom. The lowest BCUT2D eigenvalue weighted by Gasteiger charge is -2.40. The van der Waals surface area contributed by atoms with Gasteiger partial charge < -0.3 is 5.32 Å². The average molecular weight is 308 g/mol. The second kappa shape index (κ2) is 5.77. The maximum atomic E-state index is 12.5. The maximum absolute atomic E-state index is 12.5. The van der Waals surface area contributed by atoms with Gasteiger partial charge in [0.2, 0.25) is 15.9 Å². The molecule has 1 aromatic rings. The predicted octanol–water partition coefficient (Wildman–Crippen LogP) is 1.12. The van der Waals surface area contributed by atoms with E-state index in [0.29, 0.717) is 25.9 Å². The maximum Gasteiger partial charge on any atom is 0.220 e. The van der Waals surface area contributed by atoms with E-state index in [2.05, 4.69) is 5.32 Å². The highest BCUT2D eigenvalue weighted by molar-refractivity contribution is 7.88. The third-order valence-electron chi connectivity index (χ3n) is 4.37. The first-order chi connectivity index (χ1) is 10.0. The lowest BCUT2D eigenvalue weighted by molar-refractivity contribution is -0.124. The Bertz CT molecular complexity index is 615. The summed E-state index contributed by atoms with van der Waals surface area (Å²) in [7, 11) is -3.28. The Labute approximate surface area is 125 Å². The first-order valence-electron chi connectivity index (χ1n) is 7.36. The summed E-state index contributed by atoms with van der Waals surface area (Å²) in [4.78, 5) is 11.4. The summed E-state index contributed by atoms with van der Waals surface area (Å²) >= 11 is 0. The Balaban J connectivity index is 1.68. The zero-order valence-electron chi connectivity index (χ0n) is 11.9. The van der Waals surface area contributed by atoms with Crippen molar-refractivity contribution in [2.24, 2.45) is 5.92 Å². The van der Waals surface area contributed by atoms with Gasteiger partial charge in [0.05, 0.1) is 5.75 Å². The van der Waals surface area contributed by atoms with E-state index in [1.165, 1.54) is 0 Å². The average Bonchev–Trinajstić information content (AvgIpc) is 2.47. The summed E-state index contributed by atoms with van der Waals surface area (Å²) in [6.45, 7) is 1.02. The fourth-order valence-corrected chi connectivity index (χ4v) is 4.80. The Morgan fingerprint density at radius 2 is 1.95 bits per heavy atom. The number of fused-ring (bicyclic) bond motifs is 1. The number of carbonyl (C=O) groups is 1. The molecule has 2 fully saturated rings. The van der Waals surface area contributed by atoms with Crippen LogP contribution in [0, 0.1) is 5.92 Å². The minimum atomic E-state index is -3.28. The third-order valence-corrected chi connectivity index (χ3v) is 6.19. The number of nitrogens with one attached hydrogen (secondary N) is 1. The second-order valence-corrected chi connectivity index (χ2v) is 7.83. The van der Waals surface area contributed by atoms with Gasteiger partial charge in [-0.15, -0.1) is 0 Å². The molecule has 0 radical (unpaired) electrons. The molecule has 114 valence electrons. The van der Waals surface area contributed by atoms with E-state index in [1.54, 1.807) is 4.31 Å². The van der Waals surface area contributed by atoms with Gasteiger partial charge in [-0.2, -0.15) is 0 Å². The molecule has 1 aromatic carbocycles. The van der Waals surface area contributed by atoms with Gasteiger partial charge in [-0.1, -0.05) is 30.3 Å². The van der Waals surface area contributed by atoms with Crippen LogP contribution in [0.5, 0.6) is 0 Å². The van der Waals surface area contributed by atoms with Crippen LogP contribution in [-0.2, 0) is 20.6 Å². The van der Waals surface area contributed by atoms with Crippen LogP contribution in [0.2, 0.25) is 0 Å². The molecule has 2 aliphatic rings. The van der Waals surface area contributed by atoms with Crippen molar-refractivity contribution in [3.05, 3.63) is 35.9 Å². The molecule has 5 nitrogen and oxygen atoms in total. The van der Waals surface area contributed by atoms with E-state index in [1.807, 2.05) is 30.3 Å². The van der Waals surface area contributed by atoms with Gasteiger partial charge in [-0.25, -0.2) is 12.7 Å². The van der Waals surface area contributed by atoms with Crippen LogP contribution in [0.3, 0.4) is 0 Å². The minimum Gasteiger partial charge on any atom is -0.353 e. The van der Waals surface area contributed by atoms with E-state index < -0.39 is 10.0 Å². The van der Waals surface area contributed by atoms with E-state index in [9.17, 15) is 13.2 Å². The zero-order chi connectivity index (χ0) is 14.9. The molecule has 2 aliphatic heterocycles. The number of hydrogen-bond donors (Lipinski definition) is 1. The molecule has 0 aliphatic carbocycles. The van der Waals surface area contributed by atoms with Gasteiger partial charge in [0, 0.05) is 25.6 Å². The predicted molar refractivity (Wildman–Crippen MR) is 79.9 cm³/mol. The lowest BCUT2D eigenvalue weighted by atomic mass is 9.86. The van der Waals surface area contributed by atoms with Crippen molar-refractivity contribution in [3.63, 3.8) is 0 Å². The van der Waals surface area contributed by atoms with Crippen LogP contribution in [0.4, 0.5) is 0 Å². The van der Waals surface area contributed by atoms with Crippen molar-refractivity contribution in [2.45, 2.75) is 31.1 Å². The molecule has 1 N–H and O–H groups in total. The van der Waals surface area contributed by atoms with E-state index >= 15 is 0 Å². The number of piperidine rings is 2. The van der Waals surface area contributed by atoms with Crippen LogP contribution in [0.25, 0.3) is 0 Å². The van der Waals surface area contributed by atoms with E-state index in [-0.39, 0.29) is 23.6 Å². The lowest BCUT2D eigenvalue weighted by Crippen LogP contribution is -2.55. The van der Waals surface area contributed by atoms with Gasteiger partial charge in [-0.05, 0) is 24.3 Å². The quantitative estimate of drug-likeness (QED) is 0.910. The minimum absolute atomic E-state index is 0.0532. The van der Waals surface area contributed by atoms with E-state index in [4.69, 9.17) is 0 Å². The Kier molecular flexibility index (Phi) is 3.99. The number of amides is 1. The molecule has 0 bridgehead atoms. The Morgan fingerprint density at radius 1 is 1.19 bits per heavy atom. The summed E-state index contributed by atoms with van der Waals surface area (Å²) in [5, 5.41) is 2.98. The highest BCUT2D eigenvalue weighted by Crippen LogP contribution is 2.27. The molecule has 21 heavy (non-hydrogen) atoms. The summed E-state index contributed by atoms with van der Waals surface area (Å²) in [5.74, 6) is 0.399. The molecular formula is C15H20N2O3S. The zero-order valence-corrected chi connectivity index (χ0v) is 12.7. The Hall–Kier alpha value is -1.40. The number of benzene rings is 1. The SMILES string of the molecule is O=C1CCC2CN(S(=O)(=O)Cc3ccccc3)CCC2N1. The topological polar surface area (TPSA) is 66.5 Å². The number of sulfonamides is 1.